The predicted octanol–water partition coefficient (Wildman–Crippen LogP) is 0.738. The van der Waals surface area contributed by atoms with Crippen LogP contribution in [0.25, 0.3) is 0 Å². The maximum atomic E-state index is 12.3. The predicted molar refractivity (Wildman–Crippen MR) is 71.7 cm³/mol. The fourth-order valence-electron chi connectivity index (χ4n) is 1.94. The molecule has 1 aromatic rings. The highest BCUT2D eigenvalue weighted by molar-refractivity contribution is 7.89. The van der Waals surface area contributed by atoms with E-state index in [1.807, 2.05) is 0 Å². The van der Waals surface area contributed by atoms with Gasteiger partial charge in [-0.3, -0.25) is 10.1 Å². The van der Waals surface area contributed by atoms with Crippen LogP contribution in [0.15, 0.2) is 29.2 Å². The molecule has 7 nitrogen and oxygen atoms in total. The minimum absolute atomic E-state index is 0. The first-order valence-electron chi connectivity index (χ1n) is 5.42. The third kappa shape index (κ3) is 3.03. The van der Waals surface area contributed by atoms with Crippen LogP contribution in [-0.2, 0) is 10.0 Å². The topological polar surface area (TPSA) is 107 Å². The molecule has 0 saturated carbocycles. The molecule has 0 unspecified atom stereocenters. The Bertz CT molecular complexity index is 578. The van der Waals surface area contributed by atoms with E-state index in [2.05, 4.69) is 0 Å². The third-order valence-electron chi connectivity index (χ3n) is 2.87. The number of hydrogen-bond donors (Lipinski definition) is 1. The molecule has 0 aliphatic carbocycles. The monoisotopic (exact) mass is 307 g/mol. The van der Waals surface area contributed by atoms with Crippen LogP contribution in [0, 0.1) is 10.1 Å². The molecule has 0 bridgehead atoms. The van der Waals surface area contributed by atoms with Crippen LogP contribution in [0.4, 0.5) is 5.69 Å². The number of benzene rings is 1. The Morgan fingerprint density at radius 1 is 1.37 bits per heavy atom. The van der Waals surface area contributed by atoms with Crippen LogP contribution >= 0.6 is 12.4 Å². The van der Waals surface area contributed by atoms with Crippen LogP contribution in [0.1, 0.15) is 6.42 Å². The van der Waals surface area contributed by atoms with Gasteiger partial charge in [-0.15, -0.1) is 12.4 Å². The number of para-hydroxylation sites is 1. The number of rotatable bonds is 3. The van der Waals surface area contributed by atoms with E-state index < -0.39 is 20.6 Å². The van der Waals surface area contributed by atoms with Gasteiger partial charge in [0.1, 0.15) is 0 Å². The second-order valence-corrected chi connectivity index (χ2v) is 6.04. The summed E-state index contributed by atoms with van der Waals surface area (Å²) in [5, 5.41) is 10.8. The van der Waals surface area contributed by atoms with Crippen molar-refractivity contribution in [2.45, 2.75) is 17.4 Å². The zero-order chi connectivity index (χ0) is 13.3. The summed E-state index contributed by atoms with van der Waals surface area (Å²) in [5.74, 6) is 0. The molecular weight excluding hydrogens is 294 g/mol. The Morgan fingerprint density at radius 3 is 2.53 bits per heavy atom. The minimum atomic E-state index is -3.84. The van der Waals surface area contributed by atoms with E-state index in [1.54, 1.807) is 0 Å². The zero-order valence-corrected chi connectivity index (χ0v) is 11.6. The molecule has 19 heavy (non-hydrogen) atoms. The first-order chi connectivity index (χ1) is 8.43. The molecule has 0 amide bonds. The van der Waals surface area contributed by atoms with Gasteiger partial charge in [-0.05, 0) is 12.5 Å². The smallest absolute Gasteiger partial charge is 0.289 e. The summed E-state index contributed by atoms with van der Waals surface area (Å²) in [6.45, 7) is 0.504. The summed E-state index contributed by atoms with van der Waals surface area (Å²) in [7, 11) is -3.84. The summed E-state index contributed by atoms with van der Waals surface area (Å²) in [4.78, 5) is 9.88. The zero-order valence-electron chi connectivity index (χ0n) is 9.93. The Kier molecular flexibility index (Phi) is 4.86. The van der Waals surface area contributed by atoms with Crippen molar-refractivity contribution >= 4 is 28.1 Å². The van der Waals surface area contributed by atoms with Gasteiger partial charge in [0.25, 0.3) is 5.69 Å². The van der Waals surface area contributed by atoms with E-state index in [4.69, 9.17) is 5.73 Å². The fraction of sp³-hybridized carbons (Fsp3) is 0.400. The second kappa shape index (κ2) is 5.83. The summed E-state index contributed by atoms with van der Waals surface area (Å²) < 4.78 is 25.7. The first-order valence-corrected chi connectivity index (χ1v) is 6.86. The highest BCUT2D eigenvalue weighted by Gasteiger charge is 2.35. The van der Waals surface area contributed by atoms with Crippen molar-refractivity contribution in [2.24, 2.45) is 5.73 Å². The minimum Gasteiger partial charge on any atom is -0.326 e. The van der Waals surface area contributed by atoms with Crippen molar-refractivity contribution in [2.75, 3.05) is 13.1 Å². The molecule has 9 heteroatoms. The number of nitro benzene ring substituents is 1. The second-order valence-electron chi connectivity index (χ2n) is 4.14. The molecule has 1 aliphatic rings. The van der Waals surface area contributed by atoms with Crippen molar-refractivity contribution in [3.05, 3.63) is 34.4 Å². The van der Waals surface area contributed by atoms with Crippen LogP contribution in [0.5, 0.6) is 0 Å². The van der Waals surface area contributed by atoms with Crippen molar-refractivity contribution in [3.8, 4) is 0 Å². The normalized spacial score (nSPS) is 19.9. The van der Waals surface area contributed by atoms with Gasteiger partial charge in [-0.2, -0.15) is 4.31 Å². The SMILES string of the molecule is Cl.N[C@@H]1CCN(S(=O)(=O)c2ccccc2[N+](=O)[O-])C1. The maximum Gasteiger partial charge on any atom is 0.289 e. The number of nitrogens with two attached hydrogens (primary N) is 1. The molecule has 106 valence electrons. The van der Waals surface area contributed by atoms with E-state index in [0.29, 0.717) is 13.0 Å². The van der Waals surface area contributed by atoms with Crippen LogP contribution < -0.4 is 5.73 Å². The van der Waals surface area contributed by atoms with Crippen molar-refractivity contribution in [1.29, 1.82) is 0 Å². The quantitative estimate of drug-likeness (QED) is 0.654. The molecule has 1 atom stereocenters. The molecule has 1 aliphatic heterocycles. The van der Waals surface area contributed by atoms with Crippen molar-refractivity contribution < 1.29 is 13.3 Å². The van der Waals surface area contributed by atoms with Crippen LogP contribution in [0.2, 0.25) is 0 Å². The number of nitrogens with zero attached hydrogens (tertiary/aromatic N) is 2. The van der Waals surface area contributed by atoms with Gasteiger partial charge in [0.15, 0.2) is 4.90 Å². The molecule has 1 aromatic carbocycles. The van der Waals surface area contributed by atoms with Gasteiger partial charge in [0.2, 0.25) is 10.0 Å². The summed E-state index contributed by atoms with van der Waals surface area (Å²) >= 11 is 0. The number of halogens is 1. The van der Waals surface area contributed by atoms with Gasteiger partial charge in [0.05, 0.1) is 4.92 Å². The molecule has 0 spiro atoms. The van der Waals surface area contributed by atoms with Crippen molar-refractivity contribution in [1.82, 2.24) is 4.31 Å². The lowest BCUT2D eigenvalue weighted by Crippen LogP contribution is -2.32. The molecular formula is C10H14ClN3O4S. The molecule has 2 rings (SSSR count). The van der Waals surface area contributed by atoms with Gasteiger partial charge >= 0.3 is 0 Å². The summed E-state index contributed by atoms with van der Waals surface area (Å²) in [6, 6.07) is 5.13. The number of sulfonamides is 1. The molecule has 0 aromatic heterocycles. The number of hydrogen-bond acceptors (Lipinski definition) is 5. The van der Waals surface area contributed by atoms with Crippen molar-refractivity contribution in [3.63, 3.8) is 0 Å². The Balaban J connectivity index is 0.00000180. The Labute approximate surface area is 117 Å². The summed E-state index contributed by atoms with van der Waals surface area (Å²) in [5.41, 5.74) is 5.25. The lowest BCUT2D eigenvalue weighted by molar-refractivity contribution is -0.387. The first kappa shape index (κ1) is 15.8. The van der Waals surface area contributed by atoms with E-state index in [9.17, 15) is 18.5 Å². The average Bonchev–Trinajstić information content (AvgIpc) is 2.76. The van der Waals surface area contributed by atoms with E-state index in [1.165, 1.54) is 28.6 Å². The van der Waals surface area contributed by atoms with E-state index in [0.717, 1.165) is 0 Å². The molecule has 1 saturated heterocycles. The van der Waals surface area contributed by atoms with Crippen LogP contribution in [-0.4, -0.2) is 36.8 Å². The van der Waals surface area contributed by atoms with Gasteiger partial charge < -0.3 is 5.73 Å². The highest BCUT2D eigenvalue weighted by atomic mass is 35.5. The number of nitro groups is 1. The average molecular weight is 308 g/mol. The van der Waals surface area contributed by atoms with E-state index >= 15 is 0 Å². The largest absolute Gasteiger partial charge is 0.326 e. The van der Waals surface area contributed by atoms with Crippen LogP contribution in [0.3, 0.4) is 0 Å². The maximum absolute atomic E-state index is 12.3. The Hall–Kier alpha value is -1.22. The highest BCUT2D eigenvalue weighted by Crippen LogP contribution is 2.27. The molecule has 1 fully saturated rings. The fourth-order valence-corrected chi connectivity index (χ4v) is 3.61. The molecule has 1 heterocycles. The Morgan fingerprint density at radius 2 is 2.00 bits per heavy atom. The van der Waals surface area contributed by atoms with Gasteiger partial charge in [0, 0.05) is 25.2 Å². The summed E-state index contributed by atoms with van der Waals surface area (Å²) in [6.07, 6.45) is 0.569. The lowest BCUT2D eigenvalue weighted by Gasteiger charge is -2.15. The van der Waals surface area contributed by atoms with Gasteiger partial charge in [-0.1, -0.05) is 12.1 Å². The molecule has 0 radical (unpaired) electrons. The lowest BCUT2D eigenvalue weighted by atomic mass is 10.3. The standard InChI is InChI=1S/C10H13N3O4S.ClH/c11-8-5-6-12(7-8)18(16,17)10-4-2-1-3-9(10)13(14)15;/h1-4,8H,5-7,11H2;1H/t8-;/m1./s1. The molecule has 2 N–H and O–H groups in total. The van der Waals surface area contributed by atoms with E-state index in [-0.39, 0.29) is 29.9 Å². The third-order valence-corrected chi connectivity index (χ3v) is 4.78. The van der Waals surface area contributed by atoms with Gasteiger partial charge in [-0.25, -0.2) is 8.42 Å².